The maximum atomic E-state index is 12.3. The molecule has 0 spiro atoms. The number of nitrogens with zero attached hydrogens (tertiary/aromatic N) is 4. The number of fused-ring (bicyclic) bond motifs is 3. The van der Waals surface area contributed by atoms with Gasteiger partial charge in [0.25, 0.3) is 5.56 Å². The van der Waals surface area contributed by atoms with Gasteiger partial charge in [-0.3, -0.25) is 9.36 Å². The highest BCUT2D eigenvalue weighted by Gasteiger charge is 2.23. The Morgan fingerprint density at radius 3 is 2.40 bits per heavy atom. The first-order valence-electron chi connectivity index (χ1n) is 9.24. The Kier molecular flexibility index (Phi) is 4.24. The Morgan fingerprint density at radius 1 is 0.933 bits per heavy atom. The molecule has 0 aliphatic carbocycles. The van der Waals surface area contributed by atoms with Crippen molar-refractivity contribution in [2.75, 3.05) is 0 Å². The van der Waals surface area contributed by atoms with Crippen LogP contribution in [0.15, 0.2) is 51.7 Å². The predicted octanol–water partition coefficient (Wildman–Crippen LogP) is 5.36. The van der Waals surface area contributed by atoms with Gasteiger partial charge in [0.2, 0.25) is 11.8 Å². The summed E-state index contributed by atoms with van der Waals surface area (Å²) in [7, 11) is 3.70. The largest absolute Gasteiger partial charge is 0.421 e. The summed E-state index contributed by atoms with van der Waals surface area (Å²) in [6.07, 6.45) is 0. The summed E-state index contributed by atoms with van der Waals surface area (Å²) in [5.74, 6) is 0.871. The van der Waals surface area contributed by atoms with Gasteiger partial charge in [-0.05, 0) is 30.3 Å². The second-order valence-corrected chi connectivity index (χ2v) is 8.00. The van der Waals surface area contributed by atoms with E-state index in [1.165, 1.54) is 0 Å². The standard InChI is InChI=1S/C22H16Cl2N4O2/c1-11-25-26-21(30-11)14-6-8-17-20(19(14)13-5-4-12(23)10-16(13)24)15-7-9-18(29)28(3)22(15)27(17)2/h4-10H,1-3H3. The fraction of sp³-hybridized carbons (Fsp3) is 0.136. The average Bonchev–Trinajstić information content (AvgIpc) is 3.26. The Labute approximate surface area is 181 Å². The molecule has 0 saturated heterocycles. The van der Waals surface area contributed by atoms with E-state index in [2.05, 4.69) is 10.2 Å². The van der Waals surface area contributed by atoms with Crippen LogP contribution in [0.1, 0.15) is 5.89 Å². The SMILES string of the molecule is Cc1nnc(-c2ccc3c(c2-c2ccc(Cl)cc2Cl)c2ccc(=O)n(C)c2n3C)o1. The fourth-order valence-corrected chi connectivity index (χ4v) is 4.54. The summed E-state index contributed by atoms with van der Waals surface area (Å²) in [6.45, 7) is 1.75. The highest BCUT2D eigenvalue weighted by Crippen LogP contribution is 2.44. The number of benzene rings is 2. The summed E-state index contributed by atoms with van der Waals surface area (Å²) in [4.78, 5) is 12.3. The van der Waals surface area contributed by atoms with Crippen LogP contribution in [0.5, 0.6) is 0 Å². The minimum Gasteiger partial charge on any atom is -0.421 e. The number of rotatable bonds is 2. The minimum atomic E-state index is -0.0766. The van der Waals surface area contributed by atoms with E-state index >= 15 is 0 Å². The Balaban J connectivity index is 2.03. The van der Waals surface area contributed by atoms with Crippen molar-refractivity contribution in [2.24, 2.45) is 14.1 Å². The van der Waals surface area contributed by atoms with Crippen LogP contribution in [0, 0.1) is 6.92 Å². The van der Waals surface area contributed by atoms with Crippen LogP contribution >= 0.6 is 23.2 Å². The first-order valence-corrected chi connectivity index (χ1v) is 9.99. The van der Waals surface area contributed by atoms with Crippen LogP contribution in [0.4, 0.5) is 0 Å². The molecule has 0 fully saturated rings. The van der Waals surface area contributed by atoms with E-state index in [-0.39, 0.29) is 5.56 Å². The molecular formula is C22H16Cl2N4O2. The predicted molar refractivity (Wildman–Crippen MR) is 119 cm³/mol. The maximum absolute atomic E-state index is 12.3. The maximum Gasteiger partial charge on any atom is 0.251 e. The zero-order chi connectivity index (χ0) is 21.2. The fourth-order valence-electron chi connectivity index (χ4n) is 4.04. The van der Waals surface area contributed by atoms with E-state index in [4.69, 9.17) is 27.6 Å². The van der Waals surface area contributed by atoms with Crippen LogP contribution in [-0.2, 0) is 14.1 Å². The van der Waals surface area contributed by atoms with Crippen molar-refractivity contribution in [1.29, 1.82) is 0 Å². The molecule has 2 aromatic carbocycles. The lowest BCUT2D eigenvalue weighted by Gasteiger charge is -2.12. The van der Waals surface area contributed by atoms with Gasteiger partial charge < -0.3 is 8.98 Å². The van der Waals surface area contributed by atoms with Gasteiger partial charge in [-0.25, -0.2) is 0 Å². The molecule has 6 nitrogen and oxygen atoms in total. The quantitative estimate of drug-likeness (QED) is 0.371. The van der Waals surface area contributed by atoms with E-state index in [1.807, 2.05) is 35.9 Å². The van der Waals surface area contributed by atoms with E-state index in [1.54, 1.807) is 36.7 Å². The van der Waals surface area contributed by atoms with Gasteiger partial charge in [-0.1, -0.05) is 29.3 Å². The molecule has 5 aromatic rings. The molecule has 0 bridgehead atoms. The Bertz CT molecular complexity index is 1530. The summed E-state index contributed by atoms with van der Waals surface area (Å²) in [5.41, 5.74) is 4.08. The third-order valence-electron chi connectivity index (χ3n) is 5.37. The normalized spacial score (nSPS) is 11.6. The molecule has 0 saturated carbocycles. The first kappa shape index (κ1) is 18.9. The number of halogens is 2. The van der Waals surface area contributed by atoms with E-state index in [0.29, 0.717) is 21.8 Å². The third-order valence-corrected chi connectivity index (χ3v) is 5.92. The average molecular weight is 439 g/mol. The van der Waals surface area contributed by atoms with Crippen molar-refractivity contribution >= 4 is 45.1 Å². The Morgan fingerprint density at radius 2 is 1.70 bits per heavy atom. The minimum absolute atomic E-state index is 0.0766. The van der Waals surface area contributed by atoms with Gasteiger partial charge in [-0.15, -0.1) is 10.2 Å². The van der Waals surface area contributed by atoms with Gasteiger partial charge >= 0.3 is 0 Å². The van der Waals surface area contributed by atoms with Crippen molar-refractivity contribution < 1.29 is 4.42 Å². The van der Waals surface area contributed by atoms with E-state index in [9.17, 15) is 4.79 Å². The van der Waals surface area contributed by atoms with Crippen LogP contribution in [0.2, 0.25) is 10.0 Å². The molecule has 3 aromatic heterocycles. The highest BCUT2D eigenvalue weighted by molar-refractivity contribution is 6.37. The lowest BCUT2D eigenvalue weighted by molar-refractivity contribution is 0.533. The van der Waals surface area contributed by atoms with Gasteiger partial charge in [0, 0.05) is 64.6 Å². The van der Waals surface area contributed by atoms with Crippen LogP contribution in [-0.4, -0.2) is 19.3 Å². The van der Waals surface area contributed by atoms with Gasteiger partial charge in [0.05, 0.1) is 5.52 Å². The molecule has 0 radical (unpaired) electrons. The molecule has 150 valence electrons. The van der Waals surface area contributed by atoms with Gasteiger partial charge in [0.15, 0.2) is 0 Å². The molecular weight excluding hydrogens is 423 g/mol. The second kappa shape index (κ2) is 6.72. The number of aryl methyl sites for hydroxylation is 3. The van der Waals surface area contributed by atoms with Crippen LogP contribution < -0.4 is 5.56 Å². The molecule has 0 aliphatic rings. The van der Waals surface area contributed by atoms with E-state index < -0.39 is 0 Å². The Hall–Kier alpha value is -3.09. The molecule has 5 rings (SSSR count). The zero-order valence-electron chi connectivity index (χ0n) is 16.4. The topological polar surface area (TPSA) is 65.8 Å². The smallest absolute Gasteiger partial charge is 0.251 e. The van der Waals surface area contributed by atoms with Crippen molar-refractivity contribution in [3.63, 3.8) is 0 Å². The molecule has 0 N–H and O–H groups in total. The summed E-state index contributed by atoms with van der Waals surface area (Å²) >= 11 is 12.8. The molecule has 8 heteroatoms. The molecule has 0 unspecified atom stereocenters. The molecule has 0 aliphatic heterocycles. The number of aromatic nitrogens is 4. The van der Waals surface area contributed by atoms with Crippen molar-refractivity contribution in [3.05, 3.63) is 68.8 Å². The lowest BCUT2D eigenvalue weighted by Crippen LogP contribution is -2.16. The van der Waals surface area contributed by atoms with Gasteiger partial charge in [0.1, 0.15) is 5.65 Å². The molecule has 30 heavy (non-hydrogen) atoms. The van der Waals surface area contributed by atoms with Crippen LogP contribution in [0.3, 0.4) is 0 Å². The number of hydrogen-bond acceptors (Lipinski definition) is 4. The third kappa shape index (κ3) is 2.68. The summed E-state index contributed by atoms with van der Waals surface area (Å²) in [5, 5.41) is 11.1. The van der Waals surface area contributed by atoms with Crippen molar-refractivity contribution in [3.8, 4) is 22.6 Å². The van der Waals surface area contributed by atoms with Crippen molar-refractivity contribution in [2.45, 2.75) is 6.92 Å². The van der Waals surface area contributed by atoms with Gasteiger partial charge in [-0.2, -0.15) is 0 Å². The zero-order valence-corrected chi connectivity index (χ0v) is 17.9. The lowest BCUT2D eigenvalue weighted by atomic mass is 9.94. The summed E-state index contributed by atoms with van der Waals surface area (Å²) in [6, 6.07) is 12.7. The molecule has 0 amide bonds. The van der Waals surface area contributed by atoms with Crippen molar-refractivity contribution in [1.82, 2.24) is 19.3 Å². The highest BCUT2D eigenvalue weighted by atomic mass is 35.5. The monoisotopic (exact) mass is 438 g/mol. The molecule has 0 atom stereocenters. The van der Waals surface area contributed by atoms with Crippen LogP contribution in [0.25, 0.3) is 44.5 Å². The second-order valence-electron chi connectivity index (χ2n) is 7.16. The molecule has 3 heterocycles. The van der Waals surface area contributed by atoms with E-state index in [0.717, 1.165) is 38.6 Å². The first-order chi connectivity index (χ1) is 14.4. The number of hydrogen-bond donors (Lipinski definition) is 0. The summed E-state index contributed by atoms with van der Waals surface area (Å²) < 4.78 is 9.39. The number of pyridine rings is 1.